The van der Waals surface area contributed by atoms with Gasteiger partial charge in [-0.3, -0.25) is 0 Å². The van der Waals surface area contributed by atoms with Crippen molar-refractivity contribution in [1.29, 1.82) is 0 Å². The van der Waals surface area contributed by atoms with Crippen molar-refractivity contribution in [3.05, 3.63) is 35.0 Å². The van der Waals surface area contributed by atoms with Crippen LogP contribution in [0.15, 0.2) is 28.7 Å². The third-order valence-corrected chi connectivity index (χ3v) is 6.55. The van der Waals surface area contributed by atoms with Crippen molar-refractivity contribution in [2.45, 2.75) is 31.1 Å². The van der Waals surface area contributed by atoms with Crippen LogP contribution in [0, 0.1) is 0 Å². The first-order valence-electron chi connectivity index (χ1n) is 7.10. The van der Waals surface area contributed by atoms with Gasteiger partial charge in [0, 0.05) is 17.0 Å². The number of nitrogens with one attached hydrogen (secondary N) is 1. The summed E-state index contributed by atoms with van der Waals surface area (Å²) in [7, 11) is -2.91. The van der Waals surface area contributed by atoms with Crippen LogP contribution in [0.5, 0.6) is 0 Å². The van der Waals surface area contributed by atoms with Crippen LogP contribution in [0.1, 0.15) is 31.6 Å². The van der Waals surface area contributed by atoms with E-state index in [1.807, 2.05) is 25.1 Å². The van der Waals surface area contributed by atoms with Crippen molar-refractivity contribution in [3.63, 3.8) is 0 Å². The highest BCUT2D eigenvalue weighted by molar-refractivity contribution is 7.92. The van der Waals surface area contributed by atoms with Crippen molar-refractivity contribution in [2.24, 2.45) is 0 Å². The Kier molecular flexibility index (Phi) is 3.99. The topological polar surface area (TPSA) is 59.3 Å². The highest BCUT2D eigenvalue weighted by Crippen LogP contribution is 2.27. The van der Waals surface area contributed by atoms with Gasteiger partial charge in [-0.15, -0.1) is 0 Å². The fourth-order valence-corrected chi connectivity index (χ4v) is 4.70. The second kappa shape index (κ2) is 5.63. The monoisotopic (exact) mass is 327 g/mol. The summed E-state index contributed by atoms with van der Waals surface area (Å²) in [4.78, 5) is 0. The molecule has 1 N–H and O–H groups in total. The SMILES string of the molecule is C[C@H](NC[C@@H]1CCCS1(=O)=O)c1cc2cc(Cl)ccc2o1. The van der Waals surface area contributed by atoms with Crippen LogP contribution >= 0.6 is 11.6 Å². The molecule has 1 saturated heterocycles. The summed E-state index contributed by atoms with van der Waals surface area (Å²) in [6, 6.07) is 7.41. The maximum absolute atomic E-state index is 11.8. The lowest BCUT2D eigenvalue weighted by Gasteiger charge is -2.15. The molecule has 0 amide bonds. The summed E-state index contributed by atoms with van der Waals surface area (Å²) in [5.74, 6) is 1.11. The standard InChI is InChI=1S/C15H18ClNO3S/c1-10(17-9-13-3-2-6-21(13,18)19)15-8-11-7-12(16)4-5-14(11)20-15/h4-5,7-8,10,13,17H,2-3,6,9H2,1H3/t10-,13-/m0/s1. The maximum Gasteiger partial charge on any atom is 0.154 e. The largest absolute Gasteiger partial charge is 0.459 e. The number of sulfone groups is 1. The number of furan rings is 1. The van der Waals surface area contributed by atoms with E-state index >= 15 is 0 Å². The summed E-state index contributed by atoms with van der Waals surface area (Å²) in [6.07, 6.45) is 1.52. The molecule has 0 spiro atoms. The third kappa shape index (κ3) is 3.10. The lowest BCUT2D eigenvalue weighted by Crippen LogP contribution is -2.32. The first kappa shape index (κ1) is 14.9. The normalized spacial score (nSPS) is 22.7. The second-order valence-corrected chi connectivity index (χ2v) is 8.43. The molecule has 1 aliphatic rings. The number of benzene rings is 1. The molecule has 1 aromatic carbocycles. The molecule has 4 nitrogen and oxygen atoms in total. The van der Waals surface area contributed by atoms with Crippen LogP contribution < -0.4 is 5.32 Å². The van der Waals surface area contributed by atoms with E-state index in [0.29, 0.717) is 17.3 Å². The molecule has 1 fully saturated rings. The van der Waals surface area contributed by atoms with E-state index in [0.717, 1.165) is 29.6 Å². The van der Waals surface area contributed by atoms with E-state index in [2.05, 4.69) is 5.32 Å². The minimum atomic E-state index is -2.91. The molecular weight excluding hydrogens is 310 g/mol. The number of hydrogen-bond donors (Lipinski definition) is 1. The minimum absolute atomic E-state index is 0.0352. The van der Waals surface area contributed by atoms with Crippen LogP contribution in [0.2, 0.25) is 5.02 Å². The van der Waals surface area contributed by atoms with Crippen molar-refractivity contribution in [1.82, 2.24) is 5.32 Å². The molecule has 1 aliphatic heterocycles. The van der Waals surface area contributed by atoms with Gasteiger partial charge in [0.1, 0.15) is 11.3 Å². The van der Waals surface area contributed by atoms with Crippen LogP contribution in [0.3, 0.4) is 0 Å². The van der Waals surface area contributed by atoms with Gasteiger partial charge in [-0.1, -0.05) is 11.6 Å². The van der Waals surface area contributed by atoms with Crippen molar-refractivity contribution < 1.29 is 12.8 Å². The first-order valence-corrected chi connectivity index (χ1v) is 9.19. The molecule has 0 unspecified atom stereocenters. The van der Waals surface area contributed by atoms with Crippen LogP contribution in [-0.4, -0.2) is 26.0 Å². The van der Waals surface area contributed by atoms with Gasteiger partial charge in [0.05, 0.1) is 17.0 Å². The number of rotatable bonds is 4. The first-order chi connectivity index (χ1) is 9.95. The van der Waals surface area contributed by atoms with Crippen LogP contribution in [-0.2, 0) is 9.84 Å². The van der Waals surface area contributed by atoms with Gasteiger partial charge >= 0.3 is 0 Å². The highest BCUT2D eigenvalue weighted by atomic mass is 35.5. The Balaban J connectivity index is 1.70. The summed E-state index contributed by atoms with van der Waals surface area (Å²) in [5, 5.41) is 4.63. The number of fused-ring (bicyclic) bond motifs is 1. The molecule has 6 heteroatoms. The smallest absolute Gasteiger partial charge is 0.154 e. The van der Waals surface area contributed by atoms with E-state index in [4.69, 9.17) is 16.0 Å². The van der Waals surface area contributed by atoms with Crippen LogP contribution in [0.4, 0.5) is 0 Å². The zero-order chi connectivity index (χ0) is 15.0. The van der Waals surface area contributed by atoms with E-state index in [-0.39, 0.29) is 11.3 Å². The van der Waals surface area contributed by atoms with E-state index in [1.165, 1.54) is 0 Å². The molecule has 2 heterocycles. The fraction of sp³-hybridized carbons (Fsp3) is 0.467. The maximum atomic E-state index is 11.8. The third-order valence-electron chi connectivity index (χ3n) is 4.04. The molecular formula is C15H18ClNO3S. The highest BCUT2D eigenvalue weighted by Gasteiger charge is 2.31. The molecule has 1 aromatic heterocycles. The van der Waals surface area contributed by atoms with E-state index in [9.17, 15) is 8.42 Å². The van der Waals surface area contributed by atoms with Crippen molar-refractivity contribution in [2.75, 3.05) is 12.3 Å². The minimum Gasteiger partial charge on any atom is -0.459 e. The van der Waals surface area contributed by atoms with Gasteiger partial charge in [-0.2, -0.15) is 0 Å². The van der Waals surface area contributed by atoms with Crippen molar-refractivity contribution in [3.8, 4) is 0 Å². The summed E-state index contributed by atoms with van der Waals surface area (Å²) >= 11 is 5.96. The second-order valence-electron chi connectivity index (χ2n) is 5.59. The Morgan fingerprint density at radius 2 is 2.24 bits per heavy atom. The molecule has 0 radical (unpaired) electrons. The van der Waals surface area contributed by atoms with Crippen molar-refractivity contribution >= 4 is 32.4 Å². The predicted octanol–water partition coefficient (Wildman–Crippen LogP) is 3.31. The van der Waals surface area contributed by atoms with Gasteiger partial charge < -0.3 is 9.73 Å². The number of halogens is 1. The van der Waals surface area contributed by atoms with Gasteiger partial charge in [0.25, 0.3) is 0 Å². The molecule has 21 heavy (non-hydrogen) atoms. The van der Waals surface area contributed by atoms with E-state index in [1.54, 1.807) is 6.07 Å². The Labute approximate surface area is 129 Å². The van der Waals surface area contributed by atoms with Gasteiger partial charge in [0.15, 0.2) is 9.84 Å². The quantitative estimate of drug-likeness (QED) is 0.936. The molecule has 2 atom stereocenters. The summed E-state index contributed by atoms with van der Waals surface area (Å²) in [6.45, 7) is 2.45. The Hall–Kier alpha value is -1.04. The molecule has 0 saturated carbocycles. The van der Waals surface area contributed by atoms with Gasteiger partial charge in [-0.05, 0) is 44.0 Å². The molecule has 2 aromatic rings. The molecule has 0 aliphatic carbocycles. The summed E-state index contributed by atoms with van der Waals surface area (Å²) in [5.41, 5.74) is 0.788. The average molecular weight is 328 g/mol. The zero-order valence-electron chi connectivity index (χ0n) is 11.8. The summed E-state index contributed by atoms with van der Waals surface area (Å²) < 4.78 is 29.4. The number of hydrogen-bond acceptors (Lipinski definition) is 4. The van der Waals surface area contributed by atoms with Gasteiger partial charge in [-0.25, -0.2) is 8.42 Å². The predicted molar refractivity (Wildman–Crippen MR) is 84.5 cm³/mol. The Morgan fingerprint density at radius 3 is 2.95 bits per heavy atom. The molecule has 0 bridgehead atoms. The average Bonchev–Trinajstić information content (AvgIpc) is 2.98. The Bertz CT molecular complexity index is 753. The van der Waals surface area contributed by atoms with Crippen LogP contribution in [0.25, 0.3) is 11.0 Å². The lowest BCUT2D eigenvalue weighted by molar-refractivity contribution is 0.447. The molecule has 114 valence electrons. The fourth-order valence-electron chi connectivity index (χ4n) is 2.74. The lowest BCUT2D eigenvalue weighted by atomic mass is 10.2. The van der Waals surface area contributed by atoms with Gasteiger partial charge in [0.2, 0.25) is 0 Å². The Morgan fingerprint density at radius 1 is 1.43 bits per heavy atom. The van der Waals surface area contributed by atoms with E-state index < -0.39 is 9.84 Å². The zero-order valence-corrected chi connectivity index (χ0v) is 13.4. The molecule has 3 rings (SSSR count).